The van der Waals surface area contributed by atoms with Crippen molar-refractivity contribution in [3.8, 4) is 0 Å². The molecule has 1 aromatic rings. The van der Waals surface area contributed by atoms with Gasteiger partial charge in [0.2, 0.25) is 0 Å². The van der Waals surface area contributed by atoms with Crippen LogP contribution in [0.15, 0.2) is 29.2 Å². The summed E-state index contributed by atoms with van der Waals surface area (Å²) in [5, 5.41) is 0. The molecule has 6 heteroatoms. The Labute approximate surface area is 134 Å². The van der Waals surface area contributed by atoms with E-state index >= 15 is 0 Å². The molecule has 22 heavy (non-hydrogen) atoms. The van der Waals surface area contributed by atoms with E-state index in [0.29, 0.717) is 6.42 Å². The predicted molar refractivity (Wildman–Crippen MR) is 82.5 cm³/mol. The van der Waals surface area contributed by atoms with Crippen molar-refractivity contribution in [3.63, 3.8) is 0 Å². The summed E-state index contributed by atoms with van der Waals surface area (Å²) in [5.74, 6) is -0.734. The number of benzene rings is 1. The van der Waals surface area contributed by atoms with Crippen LogP contribution in [-0.2, 0) is 23.8 Å². The van der Waals surface area contributed by atoms with Crippen molar-refractivity contribution >= 4 is 23.7 Å². The van der Waals surface area contributed by atoms with Crippen LogP contribution in [0.5, 0.6) is 0 Å². The highest BCUT2D eigenvalue weighted by Gasteiger charge is 2.38. The van der Waals surface area contributed by atoms with Crippen LogP contribution in [-0.4, -0.2) is 36.2 Å². The van der Waals surface area contributed by atoms with Gasteiger partial charge in [0.15, 0.2) is 0 Å². The molecular weight excluding hydrogens is 304 g/mol. The van der Waals surface area contributed by atoms with Crippen LogP contribution in [0.4, 0.5) is 0 Å². The molecule has 1 aliphatic rings. The molecule has 1 aromatic carbocycles. The van der Waals surface area contributed by atoms with Gasteiger partial charge in [-0.1, -0.05) is 29.5 Å². The fourth-order valence-electron chi connectivity index (χ4n) is 2.21. The molecule has 1 heterocycles. The van der Waals surface area contributed by atoms with Crippen LogP contribution in [0, 0.1) is 6.92 Å². The zero-order valence-electron chi connectivity index (χ0n) is 12.9. The van der Waals surface area contributed by atoms with Crippen molar-refractivity contribution in [2.24, 2.45) is 0 Å². The van der Waals surface area contributed by atoms with Crippen molar-refractivity contribution in [3.05, 3.63) is 29.8 Å². The van der Waals surface area contributed by atoms with Crippen molar-refractivity contribution in [1.82, 2.24) is 0 Å². The average Bonchev–Trinajstić information content (AvgIpc) is 2.80. The van der Waals surface area contributed by atoms with E-state index < -0.39 is 6.10 Å². The molecule has 0 spiro atoms. The van der Waals surface area contributed by atoms with Gasteiger partial charge in [-0.3, -0.25) is 9.59 Å². The number of hydrogen-bond acceptors (Lipinski definition) is 6. The Balaban J connectivity index is 1.97. The number of rotatable bonds is 5. The maximum atomic E-state index is 11.2. The SMILES string of the molecule is CC(=O)OC[C@H]1OC(Sc2ccc(C)cc2)C[C@@H]1OC(C)=O. The summed E-state index contributed by atoms with van der Waals surface area (Å²) in [5.41, 5.74) is 1.06. The van der Waals surface area contributed by atoms with Gasteiger partial charge in [0.1, 0.15) is 24.3 Å². The normalized spacial score (nSPS) is 24.0. The Morgan fingerprint density at radius 1 is 1.23 bits per heavy atom. The third-order valence-corrected chi connectivity index (χ3v) is 4.33. The van der Waals surface area contributed by atoms with Crippen LogP contribution < -0.4 is 0 Å². The molecule has 1 unspecified atom stereocenters. The van der Waals surface area contributed by atoms with Gasteiger partial charge in [0.05, 0.1) is 0 Å². The van der Waals surface area contributed by atoms with Crippen LogP contribution in [0.1, 0.15) is 25.8 Å². The zero-order valence-corrected chi connectivity index (χ0v) is 13.7. The van der Waals surface area contributed by atoms with Crippen LogP contribution in [0.2, 0.25) is 0 Å². The minimum atomic E-state index is -0.421. The molecule has 5 nitrogen and oxygen atoms in total. The van der Waals surface area contributed by atoms with E-state index in [1.165, 1.54) is 19.4 Å². The van der Waals surface area contributed by atoms with Crippen molar-refractivity contribution in [2.75, 3.05) is 6.61 Å². The monoisotopic (exact) mass is 324 g/mol. The lowest BCUT2D eigenvalue weighted by Crippen LogP contribution is -2.31. The maximum absolute atomic E-state index is 11.2. The van der Waals surface area contributed by atoms with Gasteiger partial charge in [-0.25, -0.2) is 0 Å². The molecule has 0 bridgehead atoms. The number of hydrogen-bond donors (Lipinski definition) is 0. The zero-order chi connectivity index (χ0) is 16.1. The van der Waals surface area contributed by atoms with Crippen molar-refractivity contribution in [2.45, 2.75) is 49.7 Å². The average molecular weight is 324 g/mol. The molecule has 0 radical (unpaired) electrons. The van der Waals surface area contributed by atoms with Gasteiger partial charge in [-0.05, 0) is 19.1 Å². The largest absolute Gasteiger partial charge is 0.463 e. The van der Waals surface area contributed by atoms with E-state index in [2.05, 4.69) is 0 Å². The first-order valence-electron chi connectivity index (χ1n) is 7.13. The lowest BCUT2D eigenvalue weighted by molar-refractivity contribution is -0.154. The molecule has 0 aromatic heterocycles. The Kier molecular flexibility index (Phi) is 5.85. The molecule has 0 aliphatic carbocycles. The third kappa shape index (κ3) is 5.03. The summed E-state index contributed by atoms with van der Waals surface area (Å²) in [6.45, 7) is 4.84. The Hall–Kier alpha value is -1.53. The first-order chi connectivity index (χ1) is 10.4. The summed E-state index contributed by atoms with van der Waals surface area (Å²) in [7, 11) is 0. The van der Waals surface area contributed by atoms with Crippen LogP contribution in [0.3, 0.4) is 0 Å². The molecule has 120 valence electrons. The van der Waals surface area contributed by atoms with Gasteiger partial charge in [-0.15, -0.1) is 0 Å². The van der Waals surface area contributed by atoms with Crippen molar-refractivity contribution in [1.29, 1.82) is 0 Å². The Morgan fingerprint density at radius 2 is 1.91 bits per heavy atom. The fourth-order valence-corrected chi connectivity index (χ4v) is 3.29. The predicted octanol–water partition coefficient (Wildman–Crippen LogP) is 2.70. The highest BCUT2D eigenvalue weighted by Crippen LogP contribution is 2.35. The number of carbonyl (C=O) groups excluding carboxylic acids is 2. The molecule has 0 saturated carbocycles. The van der Waals surface area contributed by atoms with Gasteiger partial charge in [0.25, 0.3) is 0 Å². The molecule has 0 N–H and O–H groups in total. The second-order valence-corrected chi connectivity index (χ2v) is 6.45. The van der Waals surface area contributed by atoms with Crippen LogP contribution in [0.25, 0.3) is 0 Å². The minimum Gasteiger partial charge on any atom is -0.463 e. The minimum absolute atomic E-state index is 0.0955. The molecule has 0 amide bonds. The summed E-state index contributed by atoms with van der Waals surface area (Å²) >= 11 is 1.57. The smallest absolute Gasteiger partial charge is 0.302 e. The van der Waals surface area contributed by atoms with E-state index in [1.807, 2.05) is 31.2 Å². The number of carbonyl (C=O) groups is 2. The number of esters is 2. The number of ether oxygens (including phenoxy) is 3. The first kappa shape index (κ1) is 16.8. The molecule has 2 rings (SSSR count). The first-order valence-corrected chi connectivity index (χ1v) is 8.01. The van der Waals surface area contributed by atoms with E-state index in [9.17, 15) is 9.59 Å². The highest BCUT2D eigenvalue weighted by molar-refractivity contribution is 7.99. The van der Waals surface area contributed by atoms with E-state index in [1.54, 1.807) is 11.8 Å². The molecule has 1 aliphatic heterocycles. The second-order valence-electron chi connectivity index (χ2n) is 5.22. The Morgan fingerprint density at radius 3 is 2.50 bits per heavy atom. The number of aryl methyl sites for hydroxylation is 1. The van der Waals surface area contributed by atoms with Gasteiger partial charge >= 0.3 is 11.9 Å². The molecule has 1 fully saturated rings. The Bertz CT molecular complexity index is 528. The quantitative estimate of drug-likeness (QED) is 0.776. The molecular formula is C16H20O5S. The number of thioether (sulfide) groups is 1. The van der Waals surface area contributed by atoms with E-state index in [4.69, 9.17) is 14.2 Å². The standard InChI is InChI=1S/C16H20O5S/c1-10-4-6-13(7-5-10)22-16-8-14(20-12(3)18)15(21-16)9-19-11(2)17/h4-7,14-16H,8-9H2,1-3H3/t14-,15+,16?/m0/s1. The lowest BCUT2D eigenvalue weighted by Gasteiger charge is -2.17. The van der Waals surface area contributed by atoms with E-state index in [0.717, 1.165) is 4.90 Å². The summed E-state index contributed by atoms with van der Waals surface area (Å²) in [6.07, 6.45) is -0.236. The summed E-state index contributed by atoms with van der Waals surface area (Å²) in [4.78, 5) is 23.2. The summed E-state index contributed by atoms with van der Waals surface area (Å²) < 4.78 is 16.1. The fraction of sp³-hybridized carbons (Fsp3) is 0.500. The lowest BCUT2D eigenvalue weighted by atomic mass is 10.2. The molecule has 3 atom stereocenters. The van der Waals surface area contributed by atoms with Crippen LogP contribution >= 0.6 is 11.8 Å². The molecule has 1 saturated heterocycles. The van der Waals surface area contributed by atoms with Gasteiger partial charge < -0.3 is 14.2 Å². The highest BCUT2D eigenvalue weighted by atomic mass is 32.2. The van der Waals surface area contributed by atoms with Gasteiger partial charge in [0, 0.05) is 25.2 Å². The topological polar surface area (TPSA) is 61.8 Å². The van der Waals surface area contributed by atoms with Crippen molar-refractivity contribution < 1.29 is 23.8 Å². The van der Waals surface area contributed by atoms with E-state index in [-0.39, 0.29) is 30.1 Å². The second kappa shape index (κ2) is 7.65. The third-order valence-electron chi connectivity index (χ3n) is 3.22. The summed E-state index contributed by atoms with van der Waals surface area (Å²) in [6, 6.07) is 8.14. The maximum Gasteiger partial charge on any atom is 0.302 e. The van der Waals surface area contributed by atoms with Gasteiger partial charge in [-0.2, -0.15) is 0 Å².